The van der Waals surface area contributed by atoms with Crippen molar-refractivity contribution in [1.29, 1.82) is 0 Å². The Morgan fingerprint density at radius 2 is 1.83 bits per heavy atom. The van der Waals surface area contributed by atoms with Crippen molar-refractivity contribution < 1.29 is 4.79 Å². The van der Waals surface area contributed by atoms with Crippen LogP contribution in [0.4, 0.5) is 10.5 Å². The minimum absolute atomic E-state index is 0.0208. The molecule has 3 rings (SSSR count). The third-order valence-electron chi connectivity index (χ3n) is 5.08. The SMILES string of the molecule is CC(C)(C)c1ccccc1NC(=O)N1CCC(N2CCCC2)C1. The number of hydrogen-bond acceptors (Lipinski definition) is 2. The lowest BCUT2D eigenvalue weighted by Gasteiger charge is -2.26. The topological polar surface area (TPSA) is 35.6 Å². The molecule has 1 atom stereocenters. The Balaban J connectivity index is 1.64. The molecule has 4 nitrogen and oxygen atoms in total. The van der Waals surface area contributed by atoms with Gasteiger partial charge in [-0.3, -0.25) is 4.90 Å². The van der Waals surface area contributed by atoms with Crippen LogP contribution in [0.1, 0.15) is 45.6 Å². The molecule has 0 saturated carbocycles. The molecule has 0 spiro atoms. The molecule has 1 aromatic rings. The van der Waals surface area contributed by atoms with Crippen molar-refractivity contribution in [1.82, 2.24) is 9.80 Å². The number of carbonyl (C=O) groups is 1. The second kappa shape index (κ2) is 6.52. The van der Waals surface area contributed by atoms with E-state index in [-0.39, 0.29) is 11.4 Å². The Hall–Kier alpha value is -1.55. The first kappa shape index (κ1) is 16.3. The van der Waals surface area contributed by atoms with Gasteiger partial charge in [-0.05, 0) is 49.4 Å². The van der Waals surface area contributed by atoms with Gasteiger partial charge in [-0.25, -0.2) is 4.79 Å². The Labute approximate surface area is 139 Å². The molecule has 0 aliphatic carbocycles. The van der Waals surface area contributed by atoms with E-state index in [9.17, 15) is 4.79 Å². The van der Waals surface area contributed by atoms with E-state index in [0.29, 0.717) is 6.04 Å². The lowest BCUT2D eigenvalue weighted by atomic mass is 9.86. The molecule has 1 aromatic carbocycles. The van der Waals surface area contributed by atoms with Gasteiger partial charge in [-0.15, -0.1) is 0 Å². The minimum atomic E-state index is 0.0208. The monoisotopic (exact) mass is 315 g/mol. The van der Waals surface area contributed by atoms with E-state index >= 15 is 0 Å². The van der Waals surface area contributed by atoms with Crippen LogP contribution in [-0.2, 0) is 5.41 Å². The molecule has 4 heteroatoms. The summed E-state index contributed by atoms with van der Waals surface area (Å²) in [7, 11) is 0. The van der Waals surface area contributed by atoms with Crippen LogP contribution in [0.3, 0.4) is 0 Å². The Bertz CT molecular complexity index is 558. The molecule has 2 saturated heterocycles. The molecular formula is C19H29N3O. The van der Waals surface area contributed by atoms with Gasteiger partial charge < -0.3 is 10.2 Å². The molecule has 2 heterocycles. The van der Waals surface area contributed by atoms with Gasteiger partial charge in [-0.2, -0.15) is 0 Å². The summed E-state index contributed by atoms with van der Waals surface area (Å²) in [6, 6.07) is 8.74. The molecule has 2 aliphatic heterocycles. The predicted molar refractivity (Wildman–Crippen MR) is 94.9 cm³/mol. The second-order valence-electron chi connectivity index (χ2n) is 7.86. The maximum atomic E-state index is 12.7. The first-order valence-corrected chi connectivity index (χ1v) is 8.84. The molecule has 1 unspecified atom stereocenters. The summed E-state index contributed by atoms with van der Waals surface area (Å²) in [4.78, 5) is 17.2. The summed E-state index contributed by atoms with van der Waals surface area (Å²) in [5.41, 5.74) is 2.14. The van der Waals surface area contributed by atoms with Crippen LogP contribution < -0.4 is 5.32 Å². The standard InChI is InChI=1S/C19H29N3O/c1-19(2,3)16-8-4-5-9-17(16)20-18(23)22-13-10-15(14-22)21-11-6-7-12-21/h4-5,8-9,15H,6-7,10-14H2,1-3H3,(H,20,23). The average Bonchev–Trinajstić information content (AvgIpc) is 3.18. The normalized spacial score (nSPS) is 22.6. The third kappa shape index (κ3) is 3.69. The Morgan fingerprint density at radius 3 is 2.52 bits per heavy atom. The fourth-order valence-corrected chi connectivity index (χ4v) is 3.77. The molecule has 2 aliphatic rings. The number of nitrogens with one attached hydrogen (secondary N) is 1. The number of urea groups is 1. The lowest BCUT2D eigenvalue weighted by Crippen LogP contribution is -2.38. The first-order valence-electron chi connectivity index (χ1n) is 8.84. The minimum Gasteiger partial charge on any atom is -0.323 e. The fourth-order valence-electron chi connectivity index (χ4n) is 3.77. The van der Waals surface area contributed by atoms with Crippen LogP contribution in [-0.4, -0.2) is 48.1 Å². The summed E-state index contributed by atoms with van der Waals surface area (Å²) < 4.78 is 0. The van der Waals surface area contributed by atoms with E-state index in [0.717, 1.165) is 25.2 Å². The van der Waals surface area contributed by atoms with Crippen LogP contribution in [0, 0.1) is 0 Å². The highest BCUT2D eigenvalue weighted by molar-refractivity contribution is 5.90. The molecule has 1 N–H and O–H groups in total. The first-order chi connectivity index (χ1) is 10.9. The highest BCUT2D eigenvalue weighted by Crippen LogP contribution is 2.30. The van der Waals surface area contributed by atoms with Gasteiger partial charge in [0.25, 0.3) is 0 Å². The van der Waals surface area contributed by atoms with E-state index in [4.69, 9.17) is 0 Å². The van der Waals surface area contributed by atoms with Crippen LogP contribution in [0.2, 0.25) is 0 Å². The van der Waals surface area contributed by atoms with Crippen molar-refractivity contribution in [2.45, 2.75) is 51.5 Å². The zero-order chi connectivity index (χ0) is 16.4. The number of rotatable bonds is 2. The molecule has 126 valence electrons. The van der Waals surface area contributed by atoms with Crippen LogP contribution in [0.15, 0.2) is 24.3 Å². The molecule has 23 heavy (non-hydrogen) atoms. The highest BCUT2D eigenvalue weighted by atomic mass is 16.2. The van der Waals surface area contributed by atoms with Crippen molar-refractivity contribution in [3.8, 4) is 0 Å². The predicted octanol–water partition coefficient (Wildman–Crippen LogP) is 3.69. The number of hydrogen-bond donors (Lipinski definition) is 1. The van der Waals surface area contributed by atoms with Crippen LogP contribution >= 0.6 is 0 Å². The molecular weight excluding hydrogens is 286 g/mol. The zero-order valence-corrected chi connectivity index (χ0v) is 14.6. The molecule has 0 aromatic heterocycles. The number of anilines is 1. The fraction of sp³-hybridized carbons (Fsp3) is 0.632. The van der Waals surface area contributed by atoms with Gasteiger partial charge in [0.05, 0.1) is 0 Å². The van der Waals surface area contributed by atoms with E-state index in [1.807, 2.05) is 23.1 Å². The lowest BCUT2D eigenvalue weighted by molar-refractivity contribution is 0.210. The van der Waals surface area contributed by atoms with Crippen LogP contribution in [0.25, 0.3) is 0 Å². The maximum Gasteiger partial charge on any atom is 0.321 e. The molecule has 0 bridgehead atoms. The van der Waals surface area contributed by atoms with Gasteiger partial charge in [0, 0.05) is 24.8 Å². The Morgan fingerprint density at radius 1 is 1.13 bits per heavy atom. The van der Waals surface area contributed by atoms with Crippen molar-refractivity contribution in [3.63, 3.8) is 0 Å². The van der Waals surface area contributed by atoms with E-state index in [1.54, 1.807) is 0 Å². The van der Waals surface area contributed by atoms with Gasteiger partial charge in [-0.1, -0.05) is 39.0 Å². The number of likely N-dealkylation sites (tertiary alicyclic amines) is 2. The summed E-state index contributed by atoms with van der Waals surface area (Å²) in [5.74, 6) is 0. The second-order valence-corrected chi connectivity index (χ2v) is 7.86. The average molecular weight is 315 g/mol. The zero-order valence-electron chi connectivity index (χ0n) is 14.6. The van der Waals surface area contributed by atoms with Crippen molar-refractivity contribution in [3.05, 3.63) is 29.8 Å². The summed E-state index contributed by atoms with van der Waals surface area (Å²) >= 11 is 0. The molecule has 0 radical (unpaired) electrons. The van der Waals surface area contributed by atoms with Gasteiger partial charge in [0.1, 0.15) is 0 Å². The Kier molecular flexibility index (Phi) is 4.62. The van der Waals surface area contributed by atoms with Crippen LogP contribution in [0.5, 0.6) is 0 Å². The number of benzene rings is 1. The summed E-state index contributed by atoms with van der Waals surface area (Å²) in [5, 5.41) is 3.14. The number of carbonyl (C=O) groups excluding carboxylic acids is 1. The van der Waals surface area contributed by atoms with E-state index in [2.05, 4.69) is 37.1 Å². The van der Waals surface area contributed by atoms with Crippen molar-refractivity contribution in [2.24, 2.45) is 0 Å². The van der Waals surface area contributed by atoms with Crippen molar-refractivity contribution in [2.75, 3.05) is 31.5 Å². The maximum absolute atomic E-state index is 12.7. The van der Waals surface area contributed by atoms with Gasteiger partial charge in [0.2, 0.25) is 0 Å². The number of amides is 2. The largest absolute Gasteiger partial charge is 0.323 e. The smallest absolute Gasteiger partial charge is 0.321 e. The van der Waals surface area contributed by atoms with Crippen molar-refractivity contribution >= 4 is 11.7 Å². The van der Waals surface area contributed by atoms with Gasteiger partial charge in [0.15, 0.2) is 0 Å². The molecule has 2 fully saturated rings. The van der Waals surface area contributed by atoms with E-state index in [1.165, 1.54) is 31.5 Å². The third-order valence-corrected chi connectivity index (χ3v) is 5.08. The molecule has 2 amide bonds. The van der Waals surface area contributed by atoms with Gasteiger partial charge >= 0.3 is 6.03 Å². The summed E-state index contributed by atoms with van der Waals surface area (Å²) in [6.45, 7) is 10.7. The summed E-state index contributed by atoms with van der Waals surface area (Å²) in [6.07, 6.45) is 3.72. The highest BCUT2D eigenvalue weighted by Gasteiger charge is 2.32. The number of para-hydroxylation sites is 1. The van der Waals surface area contributed by atoms with E-state index < -0.39 is 0 Å². The quantitative estimate of drug-likeness (QED) is 0.903. The number of nitrogens with zero attached hydrogens (tertiary/aromatic N) is 2.